The van der Waals surface area contributed by atoms with E-state index in [-0.39, 0.29) is 5.69 Å². The zero-order chi connectivity index (χ0) is 9.26. The third-order valence-electron chi connectivity index (χ3n) is 1.48. The molecule has 2 N–H and O–H groups in total. The van der Waals surface area contributed by atoms with Gasteiger partial charge in [0.2, 0.25) is 0 Å². The minimum absolute atomic E-state index is 0.0722. The zero-order valence-corrected chi connectivity index (χ0v) is 7.21. The summed E-state index contributed by atoms with van der Waals surface area (Å²) in [5.41, 5.74) is 2.40. The first-order valence-corrected chi connectivity index (χ1v) is 4.38. The lowest BCUT2D eigenvalue weighted by Crippen LogP contribution is -1.95. The highest BCUT2D eigenvalue weighted by Crippen LogP contribution is 2.14. The second-order valence-corrected chi connectivity index (χ2v) is 3.04. The van der Waals surface area contributed by atoms with E-state index in [0.717, 1.165) is 0 Å². The Labute approximate surface area is 77.1 Å². The SMILES string of the molecule is O=C(O)c1cnc(-c2cscn2)[nH]1. The quantitative estimate of drug-likeness (QED) is 0.755. The van der Waals surface area contributed by atoms with Crippen LogP contribution in [0.15, 0.2) is 17.1 Å². The first-order chi connectivity index (χ1) is 6.27. The molecule has 0 fully saturated rings. The fourth-order valence-corrected chi connectivity index (χ4v) is 1.43. The molecular weight excluding hydrogens is 190 g/mol. The van der Waals surface area contributed by atoms with E-state index in [1.807, 2.05) is 0 Å². The molecule has 0 atom stereocenters. The molecule has 0 amide bonds. The lowest BCUT2D eigenvalue weighted by Gasteiger charge is -1.87. The number of hydrogen-bond acceptors (Lipinski definition) is 4. The second-order valence-electron chi connectivity index (χ2n) is 2.32. The fourth-order valence-electron chi connectivity index (χ4n) is 0.890. The predicted molar refractivity (Wildman–Crippen MR) is 46.7 cm³/mol. The van der Waals surface area contributed by atoms with Crippen LogP contribution >= 0.6 is 11.3 Å². The maximum atomic E-state index is 10.5. The molecule has 0 aliphatic rings. The van der Waals surface area contributed by atoms with Crippen molar-refractivity contribution < 1.29 is 9.90 Å². The molecule has 0 spiro atoms. The third kappa shape index (κ3) is 1.43. The van der Waals surface area contributed by atoms with Crippen molar-refractivity contribution in [3.63, 3.8) is 0 Å². The summed E-state index contributed by atoms with van der Waals surface area (Å²) in [4.78, 5) is 21.0. The molecule has 0 bridgehead atoms. The lowest BCUT2D eigenvalue weighted by atomic mass is 10.5. The molecule has 0 unspecified atom stereocenters. The summed E-state index contributed by atoms with van der Waals surface area (Å²) < 4.78 is 0. The van der Waals surface area contributed by atoms with Gasteiger partial charge < -0.3 is 10.1 Å². The fraction of sp³-hybridized carbons (Fsp3) is 0. The maximum Gasteiger partial charge on any atom is 0.353 e. The van der Waals surface area contributed by atoms with Crippen LogP contribution in [0, 0.1) is 0 Å². The van der Waals surface area contributed by atoms with Gasteiger partial charge >= 0.3 is 5.97 Å². The number of aromatic amines is 1. The molecule has 66 valence electrons. The van der Waals surface area contributed by atoms with Gasteiger partial charge in [-0.3, -0.25) is 0 Å². The number of H-pyrrole nitrogens is 1. The smallest absolute Gasteiger partial charge is 0.353 e. The van der Waals surface area contributed by atoms with Crippen molar-refractivity contribution in [1.82, 2.24) is 15.0 Å². The van der Waals surface area contributed by atoms with E-state index in [1.54, 1.807) is 10.9 Å². The molecule has 5 nitrogen and oxygen atoms in total. The van der Waals surface area contributed by atoms with Crippen molar-refractivity contribution in [1.29, 1.82) is 0 Å². The molecular formula is C7H5N3O2S. The molecule has 2 heterocycles. The van der Waals surface area contributed by atoms with Gasteiger partial charge in [-0.05, 0) is 0 Å². The summed E-state index contributed by atoms with van der Waals surface area (Å²) in [6.45, 7) is 0. The molecule has 2 aromatic heterocycles. The number of aromatic nitrogens is 3. The van der Waals surface area contributed by atoms with Gasteiger partial charge in [-0.25, -0.2) is 14.8 Å². The Morgan fingerprint density at radius 1 is 1.54 bits per heavy atom. The predicted octanol–water partition coefficient (Wildman–Crippen LogP) is 1.23. The van der Waals surface area contributed by atoms with E-state index < -0.39 is 5.97 Å². The van der Waals surface area contributed by atoms with Crippen LogP contribution < -0.4 is 0 Å². The molecule has 0 radical (unpaired) electrons. The average molecular weight is 195 g/mol. The number of hydrogen-bond donors (Lipinski definition) is 2. The number of carboxylic acids is 1. The van der Waals surface area contributed by atoms with E-state index in [2.05, 4.69) is 15.0 Å². The Morgan fingerprint density at radius 3 is 2.92 bits per heavy atom. The summed E-state index contributed by atoms with van der Waals surface area (Å²) in [5, 5.41) is 10.4. The van der Waals surface area contributed by atoms with Crippen molar-refractivity contribution in [2.75, 3.05) is 0 Å². The van der Waals surface area contributed by atoms with Crippen LogP contribution in [-0.2, 0) is 0 Å². The molecule has 0 saturated carbocycles. The van der Waals surface area contributed by atoms with Gasteiger partial charge in [-0.2, -0.15) is 0 Å². The topological polar surface area (TPSA) is 78.9 Å². The normalized spacial score (nSPS) is 10.2. The number of imidazole rings is 1. The summed E-state index contributed by atoms with van der Waals surface area (Å²) in [7, 11) is 0. The van der Waals surface area contributed by atoms with Crippen molar-refractivity contribution in [2.24, 2.45) is 0 Å². The second kappa shape index (κ2) is 2.98. The monoisotopic (exact) mass is 195 g/mol. The van der Waals surface area contributed by atoms with Gasteiger partial charge in [-0.1, -0.05) is 0 Å². The highest BCUT2D eigenvalue weighted by atomic mass is 32.1. The first kappa shape index (κ1) is 7.93. The van der Waals surface area contributed by atoms with Crippen LogP contribution in [0.25, 0.3) is 11.5 Å². The Hall–Kier alpha value is -1.69. The number of carboxylic acid groups (broad SMARTS) is 1. The number of carbonyl (C=O) groups is 1. The van der Waals surface area contributed by atoms with Crippen LogP contribution in [0.4, 0.5) is 0 Å². The van der Waals surface area contributed by atoms with E-state index in [4.69, 9.17) is 5.11 Å². The van der Waals surface area contributed by atoms with E-state index in [1.165, 1.54) is 17.5 Å². The Morgan fingerprint density at radius 2 is 2.38 bits per heavy atom. The van der Waals surface area contributed by atoms with E-state index in [9.17, 15) is 4.79 Å². The number of nitrogens with one attached hydrogen (secondary N) is 1. The van der Waals surface area contributed by atoms with Crippen molar-refractivity contribution >= 4 is 17.3 Å². The van der Waals surface area contributed by atoms with Crippen molar-refractivity contribution in [3.8, 4) is 11.5 Å². The minimum atomic E-state index is -1.02. The Bertz CT molecular complexity index is 421. The van der Waals surface area contributed by atoms with Gasteiger partial charge in [0.15, 0.2) is 5.82 Å². The highest BCUT2D eigenvalue weighted by molar-refractivity contribution is 7.07. The number of rotatable bonds is 2. The molecule has 6 heteroatoms. The standard InChI is InChI=1S/C7H5N3O2S/c11-7(12)4-1-8-6(10-4)5-2-13-3-9-5/h1-3H,(H,8,10)(H,11,12). The van der Waals surface area contributed by atoms with E-state index >= 15 is 0 Å². The molecule has 2 rings (SSSR count). The minimum Gasteiger partial charge on any atom is -0.477 e. The van der Waals surface area contributed by atoms with Crippen molar-refractivity contribution in [3.05, 3.63) is 22.8 Å². The third-order valence-corrected chi connectivity index (χ3v) is 2.07. The molecule has 0 aromatic carbocycles. The molecule has 0 aliphatic heterocycles. The van der Waals surface area contributed by atoms with Crippen LogP contribution in [0.2, 0.25) is 0 Å². The maximum absolute atomic E-state index is 10.5. The summed E-state index contributed by atoms with van der Waals surface area (Å²) >= 11 is 1.43. The highest BCUT2D eigenvalue weighted by Gasteiger charge is 2.09. The summed E-state index contributed by atoms with van der Waals surface area (Å²) in [5.74, 6) is -0.535. The molecule has 0 aliphatic carbocycles. The van der Waals surface area contributed by atoms with E-state index in [0.29, 0.717) is 11.5 Å². The van der Waals surface area contributed by atoms with Gasteiger partial charge in [0, 0.05) is 5.38 Å². The Balaban J connectivity index is 2.39. The van der Waals surface area contributed by atoms with Crippen LogP contribution in [-0.4, -0.2) is 26.0 Å². The lowest BCUT2D eigenvalue weighted by molar-refractivity contribution is 0.0691. The van der Waals surface area contributed by atoms with Crippen molar-refractivity contribution in [2.45, 2.75) is 0 Å². The molecule has 2 aromatic rings. The number of aromatic carboxylic acids is 1. The van der Waals surface area contributed by atoms with Gasteiger partial charge in [0.25, 0.3) is 0 Å². The Kier molecular flexibility index (Phi) is 1.82. The summed E-state index contributed by atoms with van der Waals surface area (Å²) in [6.07, 6.45) is 1.27. The average Bonchev–Trinajstić information content (AvgIpc) is 2.75. The molecule has 13 heavy (non-hydrogen) atoms. The van der Waals surface area contributed by atoms with Crippen LogP contribution in [0.3, 0.4) is 0 Å². The summed E-state index contributed by atoms with van der Waals surface area (Å²) in [6, 6.07) is 0. The largest absolute Gasteiger partial charge is 0.477 e. The van der Waals surface area contributed by atoms with Gasteiger partial charge in [0.1, 0.15) is 11.4 Å². The zero-order valence-electron chi connectivity index (χ0n) is 6.39. The first-order valence-electron chi connectivity index (χ1n) is 3.44. The van der Waals surface area contributed by atoms with Crippen LogP contribution in [0.1, 0.15) is 10.5 Å². The number of thiazole rings is 1. The van der Waals surface area contributed by atoms with Crippen LogP contribution in [0.5, 0.6) is 0 Å². The number of nitrogens with zero attached hydrogens (tertiary/aromatic N) is 2. The van der Waals surface area contributed by atoms with Gasteiger partial charge in [0.05, 0.1) is 11.7 Å². The van der Waals surface area contributed by atoms with Gasteiger partial charge in [-0.15, -0.1) is 11.3 Å². The molecule has 0 saturated heterocycles.